The van der Waals surface area contributed by atoms with Crippen LogP contribution in [0.15, 0.2) is 47.4 Å². The van der Waals surface area contributed by atoms with Gasteiger partial charge in [0.25, 0.3) is 0 Å². The molecule has 1 amide bonds. The van der Waals surface area contributed by atoms with Crippen LogP contribution < -0.4 is 10.5 Å². The van der Waals surface area contributed by atoms with Crippen molar-refractivity contribution in [3.05, 3.63) is 79.6 Å². The molecule has 1 aliphatic rings. The number of amides is 1. The summed E-state index contributed by atoms with van der Waals surface area (Å²) >= 11 is 15.1. The maximum atomic E-state index is 12.6. The molecular formula is C23H20Cl2N4OS2. The molecule has 0 atom stereocenters. The Morgan fingerprint density at radius 2 is 2.03 bits per heavy atom. The standard InChI is InChI=1S/C23H20Cl2N4OS2/c24-16-3-6-20(25)15(10-16)12-29-8-7-18-19(11-26)23(31-21(18)13-29)28-22(30)9-14-1-4-17(32-27)5-2-14/h1-6,10H,7-9,12-13,27H2,(H,28,30). The average molecular weight is 503 g/mol. The predicted molar refractivity (Wildman–Crippen MR) is 132 cm³/mol. The minimum atomic E-state index is -0.143. The van der Waals surface area contributed by atoms with E-state index in [0.717, 1.165) is 39.4 Å². The van der Waals surface area contributed by atoms with Crippen molar-refractivity contribution >= 4 is 57.4 Å². The number of benzene rings is 2. The first kappa shape index (κ1) is 23.1. The highest BCUT2D eigenvalue weighted by atomic mass is 35.5. The third kappa shape index (κ3) is 5.29. The molecule has 0 saturated heterocycles. The zero-order chi connectivity index (χ0) is 22.7. The van der Waals surface area contributed by atoms with E-state index in [0.29, 0.717) is 33.7 Å². The molecule has 4 rings (SSSR count). The lowest BCUT2D eigenvalue weighted by Gasteiger charge is -2.27. The van der Waals surface area contributed by atoms with Crippen LogP contribution in [-0.4, -0.2) is 17.4 Å². The number of rotatable bonds is 6. The van der Waals surface area contributed by atoms with Gasteiger partial charge in [-0.1, -0.05) is 35.3 Å². The van der Waals surface area contributed by atoms with Crippen LogP contribution in [0.2, 0.25) is 10.0 Å². The van der Waals surface area contributed by atoms with Crippen molar-refractivity contribution in [3.63, 3.8) is 0 Å². The average Bonchev–Trinajstić information content (AvgIpc) is 3.12. The second-order valence-corrected chi connectivity index (χ2v) is 10.2. The molecule has 9 heteroatoms. The van der Waals surface area contributed by atoms with E-state index in [9.17, 15) is 10.1 Å². The molecule has 1 aromatic heterocycles. The molecule has 5 nitrogen and oxygen atoms in total. The highest BCUT2D eigenvalue weighted by molar-refractivity contribution is 7.97. The van der Waals surface area contributed by atoms with Gasteiger partial charge in [-0.2, -0.15) is 5.26 Å². The van der Waals surface area contributed by atoms with E-state index in [1.54, 1.807) is 6.07 Å². The van der Waals surface area contributed by atoms with Gasteiger partial charge in [0.05, 0.1) is 12.0 Å². The minimum absolute atomic E-state index is 0.143. The SMILES string of the molecule is N#Cc1c(NC(=O)Cc2ccc(SN)cc2)sc2c1CCN(Cc1cc(Cl)ccc1Cl)C2. The van der Waals surface area contributed by atoms with Gasteiger partial charge in [-0.25, -0.2) is 0 Å². The molecule has 0 unspecified atom stereocenters. The summed E-state index contributed by atoms with van der Waals surface area (Å²) in [5.41, 5.74) is 3.48. The third-order valence-electron chi connectivity index (χ3n) is 5.33. The lowest BCUT2D eigenvalue weighted by Crippen LogP contribution is -2.29. The first-order chi connectivity index (χ1) is 15.5. The van der Waals surface area contributed by atoms with Crippen molar-refractivity contribution in [2.75, 3.05) is 11.9 Å². The smallest absolute Gasteiger partial charge is 0.229 e. The van der Waals surface area contributed by atoms with Gasteiger partial charge in [-0.05, 0) is 65.4 Å². The van der Waals surface area contributed by atoms with E-state index in [2.05, 4.69) is 16.3 Å². The zero-order valence-corrected chi connectivity index (χ0v) is 20.2. The fourth-order valence-corrected chi connectivity index (χ4v) is 5.67. The maximum absolute atomic E-state index is 12.6. The van der Waals surface area contributed by atoms with Crippen LogP contribution in [0.4, 0.5) is 5.00 Å². The Morgan fingerprint density at radius 3 is 2.75 bits per heavy atom. The van der Waals surface area contributed by atoms with Crippen LogP contribution in [0.3, 0.4) is 0 Å². The minimum Gasteiger partial charge on any atom is -0.316 e. The second-order valence-electron chi connectivity index (χ2n) is 7.50. The Labute approximate surface area is 205 Å². The molecule has 2 heterocycles. The molecule has 1 aliphatic heterocycles. The summed E-state index contributed by atoms with van der Waals surface area (Å²) in [5.74, 6) is -0.143. The molecule has 3 aromatic rings. The van der Waals surface area contributed by atoms with Crippen LogP contribution in [0.25, 0.3) is 0 Å². The fourth-order valence-electron chi connectivity index (χ4n) is 3.75. The summed E-state index contributed by atoms with van der Waals surface area (Å²) in [5, 5.41) is 20.2. The van der Waals surface area contributed by atoms with Gasteiger partial charge in [0.1, 0.15) is 11.1 Å². The number of hydrogen-bond acceptors (Lipinski definition) is 6. The van der Waals surface area contributed by atoms with Gasteiger partial charge in [0, 0.05) is 39.5 Å². The van der Waals surface area contributed by atoms with Crippen molar-refractivity contribution in [3.8, 4) is 6.07 Å². The normalized spacial score (nSPS) is 13.4. The molecule has 0 bridgehead atoms. The van der Waals surface area contributed by atoms with Gasteiger partial charge in [0.15, 0.2) is 0 Å². The summed E-state index contributed by atoms with van der Waals surface area (Å²) in [6.45, 7) is 2.18. The van der Waals surface area contributed by atoms with Crippen molar-refractivity contribution in [1.29, 1.82) is 5.26 Å². The summed E-state index contributed by atoms with van der Waals surface area (Å²) in [6.07, 6.45) is 0.989. The molecule has 0 aliphatic carbocycles. The molecule has 32 heavy (non-hydrogen) atoms. The van der Waals surface area contributed by atoms with E-state index < -0.39 is 0 Å². The van der Waals surface area contributed by atoms with Gasteiger partial charge >= 0.3 is 0 Å². The largest absolute Gasteiger partial charge is 0.316 e. The molecule has 164 valence electrons. The number of fused-ring (bicyclic) bond motifs is 1. The Balaban J connectivity index is 1.46. The van der Waals surface area contributed by atoms with E-state index >= 15 is 0 Å². The molecule has 3 N–H and O–H groups in total. The van der Waals surface area contributed by atoms with Gasteiger partial charge in [0.2, 0.25) is 5.91 Å². The first-order valence-electron chi connectivity index (χ1n) is 9.93. The first-order valence-corrected chi connectivity index (χ1v) is 12.4. The number of anilines is 1. The Morgan fingerprint density at radius 1 is 1.25 bits per heavy atom. The molecule has 0 saturated carbocycles. The lowest BCUT2D eigenvalue weighted by atomic mass is 10.0. The van der Waals surface area contributed by atoms with E-state index in [4.69, 9.17) is 28.3 Å². The maximum Gasteiger partial charge on any atom is 0.229 e. The van der Waals surface area contributed by atoms with Crippen LogP contribution in [0.5, 0.6) is 0 Å². The quantitative estimate of drug-likeness (QED) is 0.426. The highest BCUT2D eigenvalue weighted by Gasteiger charge is 2.25. The number of thiophene rings is 1. The van der Waals surface area contributed by atoms with Gasteiger partial charge in [-0.3, -0.25) is 14.8 Å². The fraction of sp³-hybridized carbons (Fsp3) is 0.217. The number of nitrogens with two attached hydrogens (primary N) is 1. The van der Waals surface area contributed by atoms with Crippen molar-refractivity contribution < 1.29 is 4.79 Å². The van der Waals surface area contributed by atoms with Gasteiger partial charge in [-0.15, -0.1) is 11.3 Å². The summed E-state index contributed by atoms with van der Waals surface area (Å²) in [6, 6.07) is 15.3. The summed E-state index contributed by atoms with van der Waals surface area (Å²) in [7, 11) is 0. The number of carbonyl (C=O) groups excluding carboxylic acids is 1. The molecular weight excluding hydrogens is 483 g/mol. The highest BCUT2D eigenvalue weighted by Crippen LogP contribution is 2.37. The Kier molecular flexibility index (Phi) is 7.41. The van der Waals surface area contributed by atoms with Crippen LogP contribution in [0, 0.1) is 11.3 Å². The van der Waals surface area contributed by atoms with E-state index in [-0.39, 0.29) is 12.3 Å². The van der Waals surface area contributed by atoms with Crippen LogP contribution in [0.1, 0.15) is 27.1 Å². The topological polar surface area (TPSA) is 82.1 Å². The van der Waals surface area contributed by atoms with E-state index in [1.807, 2.05) is 36.4 Å². The number of halogens is 2. The van der Waals surface area contributed by atoms with Crippen molar-refractivity contribution in [1.82, 2.24) is 4.90 Å². The molecule has 0 spiro atoms. The van der Waals surface area contributed by atoms with Crippen molar-refractivity contribution in [2.24, 2.45) is 5.14 Å². The monoisotopic (exact) mass is 502 g/mol. The van der Waals surface area contributed by atoms with Gasteiger partial charge < -0.3 is 5.32 Å². The lowest BCUT2D eigenvalue weighted by molar-refractivity contribution is -0.115. The predicted octanol–water partition coefficient (Wildman–Crippen LogP) is 5.63. The van der Waals surface area contributed by atoms with E-state index in [1.165, 1.54) is 23.3 Å². The summed E-state index contributed by atoms with van der Waals surface area (Å²) < 4.78 is 0. The molecule has 0 radical (unpaired) electrons. The Hall–Kier alpha value is -2.05. The number of carbonyl (C=O) groups is 1. The van der Waals surface area contributed by atoms with Crippen molar-refractivity contribution in [2.45, 2.75) is 30.8 Å². The van der Waals surface area contributed by atoms with Crippen LogP contribution in [-0.2, 0) is 30.7 Å². The zero-order valence-electron chi connectivity index (χ0n) is 17.0. The van der Waals surface area contributed by atoms with Crippen LogP contribution >= 0.6 is 46.5 Å². The molecule has 2 aromatic carbocycles. The number of nitriles is 1. The molecule has 0 fully saturated rings. The Bertz CT molecular complexity index is 1190. The second kappa shape index (κ2) is 10.3. The number of nitrogens with zero attached hydrogens (tertiary/aromatic N) is 2. The number of nitrogens with one attached hydrogen (secondary N) is 1. The third-order valence-corrected chi connectivity index (χ3v) is 7.61. The number of hydrogen-bond donors (Lipinski definition) is 2. The summed E-state index contributed by atoms with van der Waals surface area (Å²) in [4.78, 5) is 16.9.